The maximum Gasteiger partial charge on any atom is 0.236 e. The van der Waals surface area contributed by atoms with E-state index in [2.05, 4.69) is 5.10 Å². The third kappa shape index (κ3) is 1.88. The Bertz CT molecular complexity index is 420. The van der Waals surface area contributed by atoms with Gasteiger partial charge in [-0.3, -0.25) is 9.48 Å². The Hall–Kier alpha value is -1.90. The summed E-state index contributed by atoms with van der Waals surface area (Å²) in [5.41, 5.74) is 1.65. The van der Waals surface area contributed by atoms with E-state index in [0.717, 1.165) is 5.56 Å². The van der Waals surface area contributed by atoms with Crippen LogP contribution in [0.4, 0.5) is 0 Å². The Morgan fingerprint density at radius 2 is 2.07 bits per heavy atom. The summed E-state index contributed by atoms with van der Waals surface area (Å²) in [5.74, 6) is 0. The fourth-order valence-electron chi connectivity index (χ4n) is 1.27. The van der Waals surface area contributed by atoms with Gasteiger partial charge in [-0.2, -0.15) is 5.10 Å². The average molecular weight is 185 g/mol. The molecule has 0 aliphatic heterocycles. The van der Waals surface area contributed by atoms with E-state index in [-0.39, 0.29) is 0 Å². The first kappa shape index (κ1) is 8.69. The number of benzene rings is 1. The first-order valence-electron chi connectivity index (χ1n) is 4.33. The summed E-state index contributed by atoms with van der Waals surface area (Å²) < 4.78 is 1.72. The lowest BCUT2D eigenvalue weighted by Gasteiger charge is -1.99. The van der Waals surface area contributed by atoms with E-state index in [1.54, 1.807) is 17.2 Å². The summed E-state index contributed by atoms with van der Waals surface area (Å²) in [7, 11) is 0. The molecule has 0 aliphatic carbocycles. The van der Waals surface area contributed by atoms with E-state index >= 15 is 0 Å². The molecule has 1 aromatic carbocycles. The molecule has 0 bridgehead atoms. The lowest BCUT2D eigenvalue weighted by Crippen LogP contribution is -1.99. The minimum absolute atomic E-state index is 0.487. The number of aromatic nitrogens is 2. The minimum Gasteiger partial charge on any atom is -0.285 e. The standard InChI is InChI=1S/C11H9N2O/c14-9-11-6-12-13(8-11)7-10-4-2-1-3-5-10/h1-6,8H,7H2. The maximum absolute atomic E-state index is 10.3. The molecule has 0 atom stereocenters. The average Bonchev–Trinajstić information content (AvgIpc) is 2.67. The molecule has 69 valence electrons. The first-order chi connectivity index (χ1) is 6.88. The summed E-state index contributed by atoms with van der Waals surface area (Å²) >= 11 is 0. The second kappa shape index (κ2) is 3.87. The van der Waals surface area contributed by atoms with Gasteiger partial charge in [0, 0.05) is 6.20 Å². The molecule has 0 saturated carbocycles. The van der Waals surface area contributed by atoms with Crippen LogP contribution in [0.2, 0.25) is 0 Å². The lowest BCUT2D eigenvalue weighted by atomic mass is 10.2. The third-order valence-corrected chi connectivity index (χ3v) is 1.94. The van der Waals surface area contributed by atoms with Crippen molar-refractivity contribution in [1.82, 2.24) is 9.78 Å². The van der Waals surface area contributed by atoms with Gasteiger partial charge in [-0.25, -0.2) is 0 Å². The molecule has 0 saturated heterocycles. The van der Waals surface area contributed by atoms with Gasteiger partial charge in [-0.15, -0.1) is 0 Å². The molecule has 14 heavy (non-hydrogen) atoms. The van der Waals surface area contributed by atoms with Crippen molar-refractivity contribution in [2.24, 2.45) is 0 Å². The SMILES string of the molecule is O=[C]c1cnn(Cc2ccccc2)c1. The summed E-state index contributed by atoms with van der Waals surface area (Å²) in [6.45, 7) is 0.683. The Labute approximate surface area is 82.0 Å². The molecule has 1 aromatic heterocycles. The van der Waals surface area contributed by atoms with Crippen LogP contribution >= 0.6 is 0 Å². The highest BCUT2D eigenvalue weighted by molar-refractivity contribution is 5.73. The van der Waals surface area contributed by atoms with Crippen molar-refractivity contribution < 1.29 is 4.79 Å². The molecule has 0 unspecified atom stereocenters. The van der Waals surface area contributed by atoms with Gasteiger partial charge in [0.1, 0.15) is 0 Å². The molecule has 2 rings (SSSR count). The van der Waals surface area contributed by atoms with Crippen LogP contribution in [-0.4, -0.2) is 16.1 Å². The van der Waals surface area contributed by atoms with Crippen molar-refractivity contribution in [3.8, 4) is 0 Å². The fourth-order valence-corrected chi connectivity index (χ4v) is 1.27. The largest absolute Gasteiger partial charge is 0.285 e. The van der Waals surface area contributed by atoms with Gasteiger partial charge in [0.2, 0.25) is 6.29 Å². The van der Waals surface area contributed by atoms with E-state index in [4.69, 9.17) is 0 Å². The Balaban J connectivity index is 2.15. The van der Waals surface area contributed by atoms with Gasteiger partial charge in [-0.05, 0) is 5.56 Å². The molecule has 0 spiro atoms. The van der Waals surface area contributed by atoms with Crippen LogP contribution in [0.5, 0.6) is 0 Å². The number of hydrogen-bond donors (Lipinski definition) is 0. The molecule has 3 heteroatoms. The number of rotatable bonds is 3. The van der Waals surface area contributed by atoms with Crippen molar-refractivity contribution in [2.45, 2.75) is 6.54 Å². The van der Waals surface area contributed by atoms with Crippen molar-refractivity contribution >= 4 is 6.29 Å². The summed E-state index contributed by atoms with van der Waals surface area (Å²) in [5, 5.41) is 4.04. The fraction of sp³-hybridized carbons (Fsp3) is 0.0909. The number of carbonyl (C=O) groups excluding carboxylic acids is 1. The molecule has 2 aromatic rings. The monoisotopic (exact) mass is 185 g/mol. The van der Waals surface area contributed by atoms with Crippen molar-refractivity contribution in [3.05, 3.63) is 53.9 Å². The van der Waals surface area contributed by atoms with Gasteiger partial charge in [0.15, 0.2) is 0 Å². The Morgan fingerprint density at radius 1 is 1.29 bits per heavy atom. The molecule has 1 heterocycles. The third-order valence-electron chi connectivity index (χ3n) is 1.94. The van der Waals surface area contributed by atoms with E-state index in [1.165, 1.54) is 6.20 Å². The van der Waals surface area contributed by atoms with Crippen LogP contribution in [-0.2, 0) is 11.3 Å². The van der Waals surface area contributed by atoms with E-state index in [9.17, 15) is 4.79 Å². The molecule has 3 nitrogen and oxygen atoms in total. The second-order valence-corrected chi connectivity index (χ2v) is 3.01. The highest BCUT2D eigenvalue weighted by Gasteiger charge is 1.98. The maximum atomic E-state index is 10.3. The highest BCUT2D eigenvalue weighted by Crippen LogP contribution is 2.02. The van der Waals surface area contributed by atoms with Crippen molar-refractivity contribution in [2.75, 3.05) is 0 Å². The van der Waals surface area contributed by atoms with Gasteiger partial charge >= 0.3 is 0 Å². The van der Waals surface area contributed by atoms with E-state index < -0.39 is 0 Å². The lowest BCUT2D eigenvalue weighted by molar-refractivity contribution is 0.562. The van der Waals surface area contributed by atoms with Crippen LogP contribution in [0.25, 0.3) is 0 Å². The van der Waals surface area contributed by atoms with Crippen molar-refractivity contribution in [3.63, 3.8) is 0 Å². The summed E-state index contributed by atoms with van der Waals surface area (Å²) in [6, 6.07) is 9.96. The topological polar surface area (TPSA) is 34.9 Å². The second-order valence-electron chi connectivity index (χ2n) is 3.01. The van der Waals surface area contributed by atoms with Crippen LogP contribution in [0.15, 0.2) is 42.7 Å². The predicted octanol–water partition coefficient (Wildman–Crippen LogP) is 1.39. The predicted molar refractivity (Wildman–Crippen MR) is 52.6 cm³/mol. The first-order valence-corrected chi connectivity index (χ1v) is 4.33. The van der Waals surface area contributed by atoms with Crippen LogP contribution < -0.4 is 0 Å². The Morgan fingerprint density at radius 3 is 2.71 bits per heavy atom. The molecule has 0 amide bonds. The zero-order valence-electron chi connectivity index (χ0n) is 7.55. The molecular formula is C11H9N2O. The highest BCUT2D eigenvalue weighted by atomic mass is 16.1. The minimum atomic E-state index is 0.487. The smallest absolute Gasteiger partial charge is 0.236 e. The molecular weight excluding hydrogens is 176 g/mol. The number of nitrogens with zero attached hydrogens (tertiary/aromatic N) is 2. The van der Waals surface area contributed by atoms with Crippen molar-refractivity contribution in [1.29, 1.82) is 0 Å². The van der Waals surface area contributed by atoms with Gasteiger partial charge < -0.3 is 0 Å². The zero-order chi connectivity index (χ0) is 9.80. The van der Waals surface area contributed by atoms with Crippen LogP contribution in [0, 0.1) is 0 Å². The molecule has 0 fully saturated rings. The molecule has 0 aliphatic rings. The zero-order valence-corrected chi connectivity index (χ0v) is 7.55. The van der Waals surface area contributed by atoms with Gasteiger partial charge in [0.05, 0.1) is 18.3 Å². The normalized spacial score (nSPS) is 10.0. The molecule has 0 N–H and O–H groups in total. The van der Waals surface area contributed by atoms with Gasteiger partial charge in [-0.1, -0.05) is 30.3 Å². The van der Waals surface area contributed by atoms with E-state index in [0.29, 0.717) is 12.1 Å². The van der Waals surface area contributed by atoms with E-state index in [1.807, 2.05) is 30.3 Å². The van der Waals surface area contributed by atoms with Crippen LogP contribution in [0.1, 0.15) is 11.1 Å². The Kier molecular flexibility index (Phi) is 2.40. The van der Waals surface area contributed by atoms with Gasteiger partial charge in [0.25, 0.3) is 0 Å². The number of hydrogen-bond acceptors (Lipinski definition) is 2. The summed E-state index contributed by atoms with van der Waals surface area (Å²) in [6.07, 6.45) is 4.99. The quantitative estimate of drug-likeness (QED) is 0.724. The summed E-state index contributed by atoms with van der Waals surface area (Å²) in [4.78, 5) is 10.3. The van der Waals surface area contributed by atoms with Crippen LogP contribution in [0.3, 0.4) is 0 Å². The molecule has 1 radical (unpaired) electrons.